The zero-order chi connectivity index (χ0) is 40.7. The molecule has 0 N–H and O–H groups in total. The zero-order valence-corrected chi connectivity index (χ0v) is 38.7. The second-order valence-electron chi connectivity index (χ2n) is 16.1. The fourth-order valence-corrected chi connectivity index (χ4v) is 24.7. The monoisotopic (exact) mass is 911 g/mol. The maximum atomic E-state index is 7.45. The summed E-state index contributed by atoms with van der Waals surface area (Å²) < 4.78 is 13.5. The summed E-state index contributed by atoms with van der Waals surface area (Å²) in [7, 11) is 14.9. The number of hydrogen-bond acceptors (Lipinski definition) is 2. The summed E-state index contributed by atoms with van der Waals surface area (Å²) in [5.41, 5.74) is 17.3. The average Bonchev–Trinajstić information content (AvgIpc) is 4.10. The minimum atomic E-state index is -2.85. The molecule has 10 rings (SSSR count). The van der Waals surface area contributed by atoms with Crippen LogP contribution in [-0.4, -0.2) is 5.92 Å². The van der Waals surface area contributed by atoms with Gasteiger partial charge in [-0.05, 0) is 0 Å². The second kappa shape index (κ2) is 16.8. The van der Waals surface area contributed by atoms with E-state index >= 15 is 0 Å². The Hall–Kier alpha value is -4.96. The van der Waals surface area contributed by atoms with Gasteiger partial charge >= 0.3 is 371 Å². The van der Waals surface area contributed by atoms with E-state index < -0.39 is 24.4 Å². The molecule has 2 aliphatic rings. The van der Waals surface area contributed by atoms with Gasteiger partial charge in [0.25, 0.3) is 0 Å². The van der Waals surface area contributed by atoms with Gasteiger partial charge in [-0.3, -0.25) is 0 Å². The van der Waals surface area contributed by atoms with Crippen LogP contribution in [0.4, 0.5) is 0 Å². The number of halogens is 2. The Morgan fingerprint density at radius 1 is 0.433 bits per heavy atom. The van der Waals surface area contributed by atoms with Gasteiger partial charge in [0, 0.05) is 0 Å². The molecule has 2 aliphatic carbocycles. The van der Waals surface area contributed by atoms with Gasteiger partial charge < -0.3 is 0 Å². The molecule has 2 unspecified atom stereocenters. The predicted octanol–water partition coefficient (Wildman–Crippen LogP) is 15.8. The van der Waals surface area contributed by atoms with Crippen LogP contribution in [0.1, 0.15) is 56.7 Å². The third-order valence-electron chi connectivity index (χ3n) is 12.4. The third kappa shape index (κ3) is 7.43. The molecule has 60 heavy (non-hydrogen) atoms. The summed E-state index contributed by atoms with van der Waals surface area (Å²) in [6, 6.07) is 62.1. The Morgan fingerprint density at radius 2 is 0.783 bits per heavy atom. The molecule has 6 aromatic carbocycles. The number of allylic oxidation sites excluding steroid dienone is 2. The van der Waals surface area contributed by atoms with Crippen LogP contribution in [0.2, 0.25) is 12.1 Å². The van der Waals surface area contributed by atoms with Crippen LogP contribution in [0, 0.1) is 13.8 Å². The van der Waals surface area contributed by atoms with Crippen molar-refractivity contribution in [3.63, 3.8) is 0 Å². The molecule has 0 spiro atoms. The summed E-state index contributed by atoms with van der Waals surface area (Å²) >= 11 is -2.85. The van der Waals surface area contributed by atoms with Gasteiger partial charge in [-0.15, -0.1) is 0 Å². The molecule has 0 fully saturated rings. The molecular weight excluding hydrogens is 871 g/mol. The van der Waals surface area contributed by atoms with E-state index in [1.165, 1.54) is 66.8 Å². The molecule has 2 aromatic heterocycles. The molecule has 6 heteroatoms. The molecule has 293 valence electrons. The average molecular weight is 914 g/mol. The Morgan fingerprint density at radius 3 is 1.15 bits per heavy atom. The molecule has 2 atom stereocenters. The van der Waals surface area contributed by atoms with Gasteiger partial charge in [0.1, 0.15) is 0 Å². The second-order valence-corrected chi connectivity index (χ2v) is 39.6. The van der Waals surface area contributed by atoms with Gasteiger partial charge in [-0.1, -0.05) is 0 Å². The first-order valence-corrected chi connectivity index (χ1v) is 33.5. The Kier molecular flexibility index (Phi) is 11.0. The molecule has 0 saturated heterocycles. The van der Waals surface area contributed by atoms with E-state index in [4.69, 9.17) is 25.9 Å². The number of hydrogen-bond donors (Lipinski definition) is 0. The fourth-order valence-electron chi connectivity index (χ4n) is 9.57. The molecule has 2 nitrogen and oxygen atoms in total. The van der Waals surface area contributed by atoms with E-state index in [1.807, 2.05) is 12.1 Å². The first kappa shape index (κ1) is 39.2. The zero-order valence-electron chi connectivity index (χ0n) is 33.5. The van der Waals surface area contributed by atoms with Crippen LogP contribution >= 0.6 is 17.0 Å². The molecule has 0 radical (unpaired) electrons. The van der Waals surface area contributed by atoms with Gasteiger partial charge in [0.05, 0.1) is 0 Å². The molecule has 0 saturated carbocycles. The number of benzene rings is 6. The number of fused-ring (bicyclic) bond motifs is 2. The van der Waals surface area contributed by atoms with Crippen LogP contribution in [-0.2, 0) is 18.5 Å². The van der Waals surface area contributed by atoms with Crippen LogP contribution in [0.15, 0.2) is 179 Å². The van der Waals surface area contributed by atoms with E-state index in [-0.39, 0.29) is 11.8 Å². The maximum absolute atomic E-state index is 7.45. The molecule has 0 aliphatic heterocycles. The van der Waals surface area contributed by atoms with E-state index in [0.29, 0.717) is 0 Å². The molecule has 8 aromatic rings. The SMILES string of the molecule is Cc1ccc2c(c1-c1ccccc1)C=C(c1ccc(-c3ccccc3)o1)C2C[SiH](CC1C(c2ccc(-c3ccccc3)o2)=Cc2c1ccc(C)c2-c1ccccc1)[Zr]([Cl])[Cl]. The predicted molar refractivity (Wildman–Crippen MR) is 251 cm³/mol. The van der Waals surface area contributed by atoms with Crippen molar-refractivity contribution in [2.45, 2.75) is 37.8 Å². The van der Waals surface area contributed by atoms with Crippen molar-refractivity contribution in [2.75, 3.05) is 0 Å². The summed E-state index contributed by atoms with van der Waals surface area (Å²) in [5.74, 6) is 1.99. The van der Waals surface area contributed by atoms with E-state index in [1.54, 1.807) is 0 Å². The van der Waals surface area contributed by atoms with Gasteiger partial charge in [0.15, 0.2) is 0 Å². The standard InChI is InChI=1S/C54H43O2Si.2ClH.Zr/c1-35-23-25-41-45(53(35)39-19-11-5-12-20-39)31-43(51-29-27-49(55-51)37-15-7-3-8-16-37)47(41)33-57-34-48-42-26-24-36(2)54(40-21-13-6-14-22-40)46(42)32-44(48)52-30-28-50(56-52)38-17-9-4-10-18-38;;;/h3-32,47-48,57H,33-34H2,1-2H3;2*1H;/q;;;+2/p-2. The van der Waals surface area contributed by atoms with Crippen LogP contribution in [0.5, 0.6) is 0 Å². The van der Waals surface area contributed by atoms with Crippen molar-refractivity contribution in [1.29, 1.82) is 0 Å². The van der Waals surface area contributed by atoms with Crippen LogP contribution in [0.25, 0.3) is 68.2 Å². The van der Waals surface area contributed by atoms with Gasteiger partial charge in [-0.25, -0.2) is 0 Å². The van der Waals surface area contributed by atoms with E-state index in [2.05, 4.69) is 184 Å². The topological polar surface area (TPSA) is 26.3 Å². The first-order chi connectivity index (χ1) is 29.4. The fraction of sp³-hybridized carbons (Fsp3) is 0.111. The molecular formula is C54H43Cl2O2SiZr. The normalized spacial score (nSPS) is 15.9. The number of rotatable bonds is 11. The van der Waals surface area contributed by atoms with E-state index in [9.17, 15) is 0 Å². The summed E-state index contributed by atoms with van der Waals surface area (Å²) in [5, 5.41) is 0. The Balaban J connectivity index is 1.07. The van der Waals surface area contributed by atoms with Crippen molar-refractivity contribution in [2.24, 2.45) is 0 Å². The quantitative estimate of drug-likeness (QED) is 0.121. The number of furan rings is 2. The van der Waals surface area contributed by atoms with Crippen LogP contribution < -0.4 is 0 Å². The Labute approximate surface area is 368 Å². The third-order valence-corrected chi connectivity index (χ3v) is 34.1. The van der Waals surface area contributed by atoms with Crippen molar-refractivity contribution >= 4 is 46.2 Å². The van der Waals surface area contributed by atoms with Crippen molar-refractivity contribution < 1.29 is 27.4 Å². The van der Waals surface area contributed by atoms with Crippen molar-refractivity contribution in [1.82, 2.24) is 0 Å². The summed E-state index contributed by atoms with van der Waals surface area (Å²) in [6.45, 7) is 4.44. The summed E-state index contributed by atoms with van der Waals surface area (Å²) in [4.78, 5) is 0. The van der Waals surface area contributed by atoms with E-state index in [0.717, 1.165) is 46.3 Å². The molecule has 0 bridgehead atoms. The Bertz CT molecular complexity index is 2680. The minimum absolute atomic E-state index is 0.113. The first-order valence-electron chi connectivity index (χ1n) is 20.7. The summed E-state index contributed by atoms with van der Waals surface area (Å²) in [6.07, 6.45) is 4.80. The van der Waals surface area contributed by atoms with Crippen molar-refractivity contribution in [3.05, 3.63) is 215 Å². The number of aryl methyl sites for hydroxylation is 2. The van der Waals surface area contributed by atoms with Crippen LogP contribution in [0.3, 0.4) is 0 Å². The molecule has 2 heterocycles. The van der Waals surface area contributed by atoms with Gasteiger partial charge in [0.2, 0.25) is 0 Å². The van der Waals surface area contributed by atoms with Crippen molar-refractivity contribution in [3.8, 4) is 44.9 Å². The molecule has 0 amide bonds. The van der Waals surface area contributed by atoms with Gasteiger partial charge in [-0.2, -0.15) is 0 Å².